The van der Waals surface area contributed by atoms with Crippen LogP contribution >= 0.6 is 0 Å². The third-order valence-electron chi connectivity index (χ3n) is 5.33. The third kappa shape index (κ3) is 7.03. The van der Waals surface area contributed by atoms with Crippen LogP contribution in [0.5, 0.6) is 5.75 Å². The lowest BCUT2D eigenvalue weighted by molar-refractivity contribution is -0.132. The van der Waals surface area contributed by atoms with E-state index in [0.717, 1.165) is 16.7 Å². The van der Waals surface area contributed by atoms with Crippen molar-refractivity contribution in [2.45, 2.75) is 26.5 Å². The zero-order chi connectivity index (χ0) is 22.2. The SMILES string of the molecule is Cc1ccccc1CC(=O)N1CCN(CC(=O)NCc2ccc(OC(F)F)cc2)CC1. The summed E-state index contributed by atoms with van der Waals surface area (Å²) in [5.74, 6) is 0.0742. The largest absolute Gasteiger partial charge is 0.435 e. The molecule has 1 aliphatic rings. The Kier molecular flexibility index (Phi) is 7.94. The zero-order valence-corrected chi connectivity index (χ0v) is 17.5. The minimum atomic E-state index is -2.86. The summed E-state index contributed by atoms with van der Waals surface area (Å²) in [5.41, 5.74) is 2.95. The predicted molar refractivity (Wildman–Crippen MR) is 113 cm³/mol. The predicted octanol–water partition coefficient (Wildman–Crippen LogP) is 2.60. The fraction of sp³-hybridized carbons (Fsp3) is 0.391. The maximum Gasteiger partial charge on any atom is 0.387 e. The van der Waals surface area contributed by atoms with Crippen LogP contribution in [0, 0.1) is 6.92 Å². The molecular formula is C23H27F2N3O3. The van der Waals surface area contributed by atoms with Crippen LogP contribution in [0.25, 0.3) is 0 Å². The van der Waals surface area contributed by atoms with Gasteiger partial charge in [0.05, 0.1) is 13.0 Å². The van der Waals surface area contributed by atoms with Gasteiger partial charge in [0.25, 0.3) is 0 Å². The number of hydrogen-bond acceptors (Lipinski definition) is 4. The molecule has 0 aromatic heterocycles. The Hall–Kier alpha value is -3.00. The molecule has 1 heterocycles. The highest BCUT2D eigenvalue weighted by Crippen LogP contribution is 2.15. The van der Waals surface area contributed by atoms with Gasteiger partial charge in [-0.05, 0) is 35.7 Å². The molecule has 8 heteroatoms. The Morgan fingerprint density at radius 3 is 2.35 bits per heavy atom. The molecule has 0 atom stereocenters. The number of carbonyl (C=O) groups is 2. The van der Waals surface area contributed by atoms with Gasteiger partial charge in [0.15, 0.2) is 0 Å². The maximum atomic E-state index is 12.6. The Morgan fingerprint density at radius 1 is 1.03 bits per heavy atom. The molecule has 0 unspecified atom stereocenters. The molecule has 2 aromatic rings. The van der Waals surface area contributed by atoms with Crippen LogP contribution in [0.4, 0.5) is 8.78 Å². The Bertz CT molecular complexity index is 882. The first-order chi connectivity index (χ1) is 14.9. The number of amides is 2. The first-order valence-electron chi connectivity index (χ1n) is 10.3. The Balaban J connectivity index is 1.37. The highest BCUT2D eigenvalue weighted by molar-refractivity contribution is 5.79. The number of aryl methyl sites for hydroxylation is 1. The van der Waals surface area contributed by atoms with Crippen molar-refractivity contribution >= 4 is 11.8 Å². The maximum absolute atomic E-state index is 12.6. The fourth-order valence-electron chi connectivity index (χ4n) is 3.49. The highest BCUT2D eigenvalue weighted by atomic mass is 19.3. The number of ether oxygens (including phenoxy) is 1. The van der Waals surface area contributed by atoms with Crippen LogP contribution in [0.3, 0.4) is 0 Å². The van der Waals surface area contributed by atoms with Crippen molar-refractivity contribution in [2.75, 3.05) is 32.7 Å². The van der Waals surface area contributed by atoms with E-state index in [1.807, 2.05) is 41.0 Å². The van der Waals surface area contributed by atoms with Crippen molar-refractivity contribution in [1.29, 1.82) is 0 Å². The van der Waals surface area contributed by atoms with Crippen LogP contribution in [0.2, 0.25) is 0 Å². The molecule has 6 nitrogen and oxygen atoms in total. The molecular weight excluding hydrogens is 404 g/mol. The van der Waals surface area contributed by atoms with Crippen molar-refractivity contribution in [3.63, 3.8) is 0 Å². The Labute approximate surface area is 180 Å². The molecule has 0 radical (unpaired) electrons. The average molecular weight is 431 g/mol. The van der Waals surface area contributed by atoms with Gasteiger partial charge in [-0.2, -0.15) is 8.78 Å². The van der Waals surface area contributed by atoms with E-state index in [9.17, 15) is 18.4 Å². The summed E-state index contributed by atoms with van der Waals surface area (Å²) in [5, 5.41) is 2.83. The van der Waals surface area contributed by atoms with E-state index in [2.05, 4.69) is 10.1 Å². The lowest BCUT2D eigenvalue weighted by Crippen LogP contribution is -2.51. The topological polar surface area (TPSA) is 61.9 Å². The molecule has 1 saturated heterocycles. The minimum Gasteiger partial charge on any atom is -0.435 e. The number of nitrogens with one attached hydrogen (secondary N) is 1. The summed E-state index contributed by atoms with van der Waals surface area (Å²) in [6, 6.07) is 14.1. The molecule has 0 spiro atoms. The van der Waals surface area contributed by atoms with Crippen molar-refractivity contribution in [2.24, 2.45) is 0 Å². The number of benzene rings is 2. The number of halogens is 2. The van der Waals surface area contributed by atoms with E-state index in [1.165, 1.54) is 12.1 Å². The van der Waals surface area contributed by atoms with Gasteiger partial charge in [-0.15, -0.1) is 0 Å². The second kappa shape index (κ2) is 10.9. The smallest absolute Gasteiger partial charge is 0.387 e. The average Bonchev–Trinajstić information content (AvgIpc) is 2.75. The number of rotatable bonds is 8. The first kappa shape index (κ1) is 22.7. The molecule has 31 heavy (non-hydrogen) atoms. The van der Waals surface area contributed by atoms with Gasteiger partial charge in [-0.1, -0.05) is 36.4 Å². The normalized spacial score (nSPS) is 14.5. The first-order valence-corrected chi connectivity index (χ1v) is 10.3. The molecule has 166 valence electrons. The quantitative estimate of drug-likeness (QED) is 0.698. The van der Waals surface area contributed by atoms with Crippen molar-refractivity contribution < 1.29 is 23.1 Å². The van der Waals surface area contributed by atoms with Crippen LogP contribution in [0.15, 0.2) is 48.5 Å². The molecule has 2 amide bonds. The highest BCUT2D eigenvalue weighted by Gasteiger charge is 2.22. The number of carbonyl (C=O) groups excluding carboxylic acids is 2. The molecule has 2 aromatic carbocycles. The molecule has 1 aliphatic heterocycles. The van der Waals surface area contributed by atoms with Crippen LogP contribution in [-0.4, -0.2) is 60.9 Å². The lowest BCUT2D eigenvalue weighted by atomic mass is 10.1. The molecule has 0 aliphatic carbocycles. The summed E-state index contributed by atoms with van der Waals surface area (Å²) < 4.78 is 28.7. The number of hydrogen-bond donors (Lipinski definition) is 1. The summed E-state index contributed by atoms with van der Waals surface area (Å²) >= 11 is 0. The lowest BCUT2D eigenvalue weighted by Gasteiger charge is -2.34. The van der Waals surface area contributed by atoms with E-state index in [-0.39, 0.29) is 24.1 Å². The summed E-state index contributed by atoms with van der Waals surface area (Å²) in [7, 11) is 0. The van der Waals surface area contributed by atoms with E-state index >= 15 is 0 Å². The summed E-state index contributed by atoms with van der Waals surface area (Å²) in [6.07, 6.45) is 0.397. The van der Waals surface area contributed by atoms with Crippen LogP contribution < -0.4 is 10.1 Å². The van der Waals surface area contributed by atoms with Crippen molar-refractivity contribution in [1.82, 2.24) is 15.1 Å². The van der Waals surface area contributed by atoms with Crippen LogP contribution in [-0.2, 0) is 22.6 Å². The molecule has 0 bridgehead atoms. The second-order valence-electron chi connectivity index (χ2n) is 7.56. The molecule has 1 N–H and O–H groups in total. The van der Waals surface area contributed by atoms with Gasteiger partial charge in [-0.25, -0.2) is 0 Å². The monoisotopic (exact) mass is 431 g/mol. The van der Waals surface area contributed by atoms with Gasteiger partial charge in [0.1, 0.15) is 5.75 Å². The van der Waals surface area contributed by atoms with Gasteiger partial charge in [-0.3, -0.25) is 14.5 Å². The zero-order valence-electron chi connectivity index (χ0n) is 17.5. The van der Waals surface area contributed by atoms with Crippen molar-refractivity contribution in [3.8, 4) is 5.75 Å². The van der Waals surface area contributed by atoms with E-state index in [1.54, 1.807) is 12.1 Å². The van der Waals surface area contributed by atoms with Gasteiger partial charge < -0.3 is 15.0 Å². The van der Waals surface area contributed by atoms with Gasteiger partial charge in [0, 0.05) is 32.7 Å². The number of alkyl halides is 2. The standard InChI is InChI=1S/C23H27F2N3O3/c1-17-4-2-3-5-19(17)14-22(30)28-12-10-27(11-13-28)16-21(29)26-15-18-6-8-20(9-7-18)31-23(24)25/h2-9,23H,10-16H2,1H3,(H,26,29). The molecule has 3 rings (SSSR count). The number of piperazine rings is 1. The molecule has 0 saturated carbocycles. The van der Waals surface area contributed by atoms with Crippen LogP contribution in [0.1, 0.15) is 16.7 Å². The Morgan fingerprint density at radius 2 is 1.71 bits per heavy atom. The van der Waals surface area contributed by atoms with E-state index in [4.69, 9.17) is 0 Å². The molecule has 1 fully saturated rings. The second-order valence-corrected chi connectivity index (χ2v) is 7.56. The van der Waals surface area contributed by atoms with E-state index < -0.39 is 6.61 Å². The fourth-order valence-corrected chi connectivity index (χ4v) is 3.49. The van der Waals surface area contributed by atoms with Crippen molar-refractivity contribution in [3.05, 3.63) is 65.2 Å². The number of nitrogens with zero attached hydrogens (tertiary/aromatic N) is 2. The third-order valence-corrected chi connectivity index (χ3v) is 5.33. The summed E-state index contributed by atoms with van der Waals surface area (Å²) in [6.45, 7) is 2.20. The van der Waals surface area contributed by atoms with E-state index in [0.29, 0.717) is 39.1 Å². The minimum absolute atomic E-state index is 0.0833. The summed E-state index contributed by atoms with van der Waals surface area (Å²) in [4.78, 5) is 28.7. The van der Waals surface area contributed by atoms with Gasteiger partial charge >= 0.3 is 6.61 Å². The van der Waals surface area contributed by atoms with Gasteiger partial charge in [0.2, 0.25) is 11.8 Å².